The van der Waals surface area contributed by atoms with Crippen LogP contribution >= 0.6 is 0 Å². The smallest absolute Gasteiger partial charge is 0.261 e. The van der Waals surface area contributed by atoms with Gasteiger partial charge >= 0.3 is 0 Å². The summed E-state index contributed by atoms with van der Waals surface area (Å²) in [6.07, 6.45) is 3.39. The zero-order valence-corrected chi connectivity index (χ0v) is 27.5. The first-order valence-electron chi connectivity index (χ1n) is 14.3. The van der Waals surface area contributed by atoms with E-state index in [9.17, 15) is 10.2 Å². The number of benzene rings is 2. The Hall–Kier alpha value is -1.29. The molecule has 0 aliphatic rings. The van der Waals surface area contributed by atoms with Crippen molar-refractivity contribution in [2.24, 2.45) is 0 Å². The fraction of sp³-hybridized carbons (Fsp3) is 0.625. The van der Waals surface area contributed by atoms with Gasteiger partial charge in [-0.05, 0) is 72.6 Å². The Kier molecular flexibility index (Phi) is 11.6. The van der Waals surface area contributed by atoms with Crippen LogP contribution in [0.1, 0.15) is 80.6 Å². The maximum atomic E-state index is 11.7. The van der Waals surface area contributed by atoms with E-state index >= 15 is 0 Å². The van der Waals surface area contributed by atoms with Crippen molar-refractivity contribution in [3.63, 3.8) is 0 Å². The topological polar surface area (TPSA) is 58.9 Å². The Bertz CT molecular complexity index is 907. The van der Waals surface area contributed by atoms with Crippen LogP contribution in [0.3, 0.4) is 0 Å². The summed E-state index contributed by atoms with van der Waals surface area (Å²) in [6.45, 7) is 20.7. The molecule has 0 fully saturated rings. The molecule has 0 spiro atoms. The summed E-state index contributed by atoms with van der Waals surface area (Å²) in [5.41, 5.74) is -0.972. The van der Waals surface area contributed by atoms with Crippen LogP contribution in [0.5, 0.6) is 0 Å². The number of aliphatic hydroxyl groups is 2. The van der Waals surface area contributed by atoms with Gasteiger partial charge in [-0.2, -0.15) is 0 Å². The molecule has 2 aromatic carbocycles. The predicted octanol–water partition coefficient (Wildman–Crippen LogP) is 6.65. The molecular weight excluding hydrogens is 505 g/mol. The lowest BCUT2D eigenvalue weighted by Gasteiger charge is -2.44. The van der Waals surface area contributed by atoms with Crippen LogP contribution in [0.4, 0.5) is 0 Å². The van der Waals surface area contributed by atoms with Crippen LogP contribution in [0, 0.1) is 0 Å². The highest BCUT2D eigenvalue weighted by Gasteiger charge is 2.50. The molecule has 2 rings (SSSR count). The summed E-state index contributed by atoms with van der Waals surface area (Å²) in [4.78, 5) is 0. The molecule has 0 radical (unpaired) electrons. The van der Waals surface area contributed by atoms with Crippen molar-refractivity contribution in [1.29, 1.82) is 0 Å². The van der Waals surface area contributed by atoms with Crippen LogP contribution in [0.25, 0.3) is 0 Å². The van der Waals surface area contributed by atoms with Crippen LogP contribution in [-0.4, -0.2) is 51.8 Å². The molecular formula is C32H54O4Si2. The number of aliphatic hydroxyl groups excluding tert-OH is 1. The summed E-state index contributed by atoms with van der Waals surface area (Å²) in [5, 5.41) is 23.6. The fourth-order valence-corrected chi connectivity index (χ4v) is 11.1. The Balaban J connectivity index is 2.26. The van der Waals surface area contributed by atoms with Gasteiger partial charge in [0, 0.05) is 13.2 Å². The van der Waals surface area contributed by atoms with Crippen LogP contribution < -0.4 is 10.4 Å². The van der Waals surface area contributed by atoms with E-state index in [4.69, 9.17) is 8.85 Å². The highest BCUT2D eigenvalue weighted by atomic mass is 28.4. The molecule has 0 unspecified atom stereocenters. The Morgan fingerprint density at radius 1 is 0.737 bits per heavy atom. The van der Waals surface area contributed by atoms with Gasteiger partial charge in [0.05, 0.1) is 11.7 Å². The van der Waals surface area contributed by atoms with Gasteiger partial charge in [0.15, 0.2) is 8.32 Å². The maximum absolute atomic E-state index is 11.7. The van der Waals surface area contributed by atoms with Crippen molar-refractivity contribution in [2.45, 2.75) is 115 Å². The van der Waals surface area contributed by atoms with Gasteiger partial charge in [-0.3, -0.25) is 0 Å². The molecule has 0 aliphatic heterocycles. The van der Waals surface area contributed by atoms with Crippen LogP contribution in [0.15, 0.2) is 60.7 Å². The molecule has 2 atom stereocenters. The Labute approximate surface area is 235 Å². The SMILES string of the molecule is CC(C)(C)[Si](C)(C)O[C@@H](CCCCO)[C@](C)(O)CCCO[Si](c1ccccc1)(c1ccccc1)C(C)(C)C. The first kappa shape index (κ1) is 32.9. The van der Waals surface area contributed by atoms with Gasteiger partial charge in [-0.25, -0.2) is 0 Å². The average Bonchev–Trinajstić information content (AvgIpc) is 2.83. The molecule has 38 heavy (non-hydrogen) atoms. The normalized spacial score (nSPS) is 15.8. The van der Waals surface area contributed by atoms with Crippen molar-refractivity contribution >= 4 is 27.0 Å². The first-order valence-corrected chi connectivity index (χ1v) is 19.2. The zero-order valence-electron chi connectivity index (χ0n) is 25.5. The van der Waals surface area contributed by atoms with Crippen LogP contribution in [-0.2, 0) is 8.85 Å². The zero-order chi connectivity index (χ0) is 28.7. The molecule has 2 N–H and O–H groups in total. The Morgan fingerprint density at radius 2 is 1.24 bits per heavy atom. The summed E-state index contributed by atoms with van der Waals surface area (Å²) in [5.74, 6) is 0. The molecule has 6 heteroatoms. The van der Waals surface area contributed by atoms with Gasteiger partial charge in [0.1, 0.15) is 0 Å². The molecule has 2 aromatic rings. The Morgan fingerprint density at radius 3 is 1.66 bits per heavy atom. The van der Waals surface area contributed by atoms with Crippen molar-refractivity contribution in [2.75, 3.05) is 13.2 Å². The third-order valence-corrected chi connectivity index (χ3v) is 17.9. The lowest BCUT2D eigenvalue weighted by Crippen LogP contribution is -2.66. The average molecular weight is 559 g/mol. The summed E-state index contributed by atoms with van der Waals surface area (Å²) < 4.78 is 13.8. The maximum Gasteiger partial charge on any atom is 0.261 e. The third kappa shape index (κ3) is 8.12. The van der Waals surface area contributed by atoms with Gasteiger partial charge in [0.25, 0.3) is 8.32 Å². The van der Waals surface area contributed by atoms with E-state index in [2.05, 4.69) is 115 Å². The standard InChI is InChI=1S/C32H54O4Si2/c1-30(2,3)37(8,9)36-29(23-16-17-25-33)32(7,34)24-18-26-35-38(31(4,5)6,27-19-12-10-13-20-27)28-21-14-11-15-22-28/h10-15,19-22,29,33-34H,16-18,23-26H2,1-9H3/t29-,32+/m0/s1. The molecule has 0 amide bonds. The molecule has 0 heterocycles. The number of rotatable bonds is 14. The quantitative estimate of drug-likeness (QED) is 0.201. The van der Waals surface area contributed by atoms with E-state index in [1.165, 1.54) is 10.4 Å². The molecule has 0 aliphatic carbocycles. The van der Waals surface area contributed by atoms with Crippen molar-refractivity contribution < 1.29 is 19.1 Å². The van der Waals surface area contributed by atoms with Crippen molar-refractivity contribution in [1.82, 2.24) is 0 Å². The van der Waals surface area contributed by atoms with Gasteiger partial charge in [0.2, 0.25) is 0 Å². The lowest BCUT2D eigenvalue weighted by atomic mass is 9.90. The van der Waals surface area contributed by atoms with E-state index in [0.717, 1.165) is 25.7 Å². The van der Waals surface area contributed by atoms with Crippen molar-refractivity contribution in [3.05, 3.63) is 60.7 Å². The summed E-state index contributed by atoms with van der Waals surface area (Å²) in [6, 6.07) is 21.4. The minimum Gasteiger partial charge on any atom is -0.411 e. The van der Waals surface area contributed by atoms with Gasteiger partial charge in [-0.15, -0.1) is 0 Å². The predicted molar refractivity (Wildman–Crippen MR) is 166 cm³/mol. The minimum absolute atomic E-state index is 0.0602. The first-order chi connectivity index (χ1) is 17.6. The van der Waals surface area contributed by atoms with Crippen molar-refractivity contribution in [3.8, 4) is 0 Å². The minimum atomic E-state index is -2.60. The number of hydrogen-bond acceptors (Lipinski definition) is 4. The molecule has 0 bridgehead atoms. The molecule has 0 saturated carbocycles. The van der Waals surface area contributed by atoms with E-state index in [-0.39, 0.29) is 22.8 Å². The van der Waals surface area contributed by atoms with Crippen LogP contribution in [0.2, 0.25) is 23.2 Å². The monoisotopic (exact) mass is 558 g/mol. The molecule has 214 valence electrons. The second-order valence-corrected chi connectivity index (χ2v) is 22.6. The van der Waals surface area contributed by atoms with E-state index in [0.29, 0.717) is 13.0 Å². The van der Waals surface area contributed by atoms with Gasteiger partial charge in [-0.1, -0.05) is 102 Å². The highest BCUT2D eigenvalue weighted by molar-refractivity contribution is 6.99. The van der Waals surface area contributed by atoms with Gasteiger partial charge < -0.3 is 19.1 Å². The highest BCUT2D eigenvalue weighted by Crippen LogP contribution is 2.40. The van der Waals surface area contributed by atoms with E-state index in [1.54, 1.807) is 0 Å². The lowest BCUT2D eigenvalue weighted by molar-refractivity contribution is -0.0666. The second-order valence-electron chi connectivity index (χ2n) is 13.6. The van der Waals surface area contributed by atoms with E-state index in [1.807, 2.05) is 6.92 Å². The van der Waals surface area contributed by atoms with E-state index < -0.39 is 22.2 Å². The third-order valence-electron chi connectivity index (χ3n) is 8.37. The summed E-state index contributed by atoms with van der Waals surface area (Å²) >= 11 is 0. The molecule has 0 aromatic heterocycles. The number of unbranched alkanes of at least 4 members (excludes halogenated alkanes) is 1. The molecule has 4 nitrogen and oxygen atoms in total. The largest absolute Gasteiger partial charge is 0.411 e. The molecule has 0 saturated heterocycles. The summed E-state index contributed by atoms with van der Waals surface area (Å²) in [7, 11) is -4.67. The fourth-order valence-electron chi connectivity index (χ4n) is 5.05. The second kappa shape index (κ2) is 13.4. The number of hydrogen-bond donors (Lipinski definition) is 2.